The highest BCUT2D eigenvalue weighted by Gasteiger charge is 2.53. The van der Waals surface area contributed by atoms with Crippen molar-refractivity contribution in [2.45, 2.75) is 39.7 Å². The van der Waals surface area contributed by atoms with Crippen molar-refractivity contribution < 1.29 is 23.9 Å². The van der Waals surface area contributed by atoms with Gasteiger partial charge in [-0.3, -0.25) is 14.4 Å². The van der Waals surface area contributed by atoms with Crippen LogP contribution >= 0.6 is 11.6 Å². The number of ether oxygens (including phenoxy) is 1. The van der Waals surface area contributed by atoms with Gasteiger partial charge in [0.25, 0.3) is 5.91 Å². The number of hydrogen-bond donors (Lipinski definition) is 2. The number of Topliss-reactive ketones (excluding diaryl/α,β-unsaturated/α-hetero) is 1. The molecule has 1 saturated carbocycles. The highest BCUT2D eigenvalue weighted by molar-refractivity contribution is 6.33. The van der Waals surface area contributed by atoms with E-state index in [0.717, 1.165) is 5.56 Å². The molecular formula is C25H28ClN3O5. The Labute approximate surface area is 203 Å². The normalized spacial score (nSPS) is 19.3. The third-order valence-electron chi connectivity index (χ3n) is 6.53. The number of halogens is 1. The fourth-order valence-corrected chi connectivity index (χ4v) is 4.59. The van der Waals surface area contributed by atoms with E-state index in [1.165, 1.54) is 20.2 Å². The molecule has 0 spiro atoms. The summed E-state index contributed by atoms with van der Waals surface area (Å²) in [6.07, 6.45) is 2.18. The third-order valence-corrected chi connectivity index (χ3v) is 6.83. The molecule has 0 aliphatic heterocycles. The molecule has 2 N–H and O–H groups in total. The van der Waals surface area contributed by atoms with Crippen molar-refractivity contribution in [3.63, 3.8) is 0 Å². The number of nitrogens with zero attached hydrogens (tertiary/aromatic N) is 1. The molecular weight excluding hydrogens is 458 g/mol. The summed E-state index contributed by atoms with van der Waals surface area (Å²) in [7, 11) is 1.27. The van der Waals surface area contributed by atoms with Crippen LogP contribution in [-0.2, 0) is 25.5 Å². The first-order valence-corrected chi connectivity index (χ1v) is 11.3. The Bertz CT molecular complexity index is 1100. The average molecular weight is 486 g/mol. The van der Waals surface area contributed by atoms with Crippen LogP contribution in [-0.4, -0.2) is 41.7 Å². The van der Waals surface area contributed by atoms with Crippen LogP contribution in [0.2, 0.25) is 5.15 Å². The number of rotatable bonds is 8. The number of nitrogens with one attached hydrogen (secondary N) is 2. The number of carbonyl (C=O) groups is 4. The smallest absolute Gasteiger partial charge is 0.328 e. The zero-order chi connectivity index (χ0) is 25.0. The summed E-state index contributed by atoms with van der Waals surface area (Å²) in [4.78, 5) is 53.3. The van der Waals surface area contributed by atoms with Crippen molar-refractivity contribution in [3.8, 4) is 0 Å². The van der Waals surface area contributed by atoms with Crippen molar-refractivity contribution in [3.05, 3.63) is 58.9 Å². The topological polar surface area (TPSA) is 114 Å². The lowest BCUT2D eigenvalue weighted by atomic mass is 9.53. The van der Waals surface area contributed by atoms with Gasteiger partial charge in [0.15, 0.2) is 0 Å². The lowest BCUT2D eigenvalue weighted by molar-refractivity contribution is -0.153. The van der Waals surface area contributed by atoms with E-state index in [4.69, 9.17) is 16.3 Å². The summed E-state index contributed by atoms with van der Waals surface area (Å²) in [6.45, 7) is 5.33. The van der Waals surface area contributed by atoms with E-state index in [2.05, 4.69) is 15.6 Å². The van der Waals surface area contributed by atoms with Crippen molar-refractivity contribution in [2.24, 2.45) is 17.3 Å². The minimum atomic E-state index is -0.876. The number of carbonyl (C=O) groups excluding carboxylic acids is 4. The van der Waals surface area contributed by atoms with Crippen molar-refractivity contribution in [1.82, 2.24) is 10.3 Å². The molecule has 1 aromatic heterocycles. The predicted molar refractivity (Wildman–Crippen MR) is 127 cm³/mol. The molecule has 2 amide bonds. The fraction of sp³-hybridized carbons (Fsp3) is 0.400. The zero-order valence-corrected chi connectivity index (χ0v) is 20.3. The Kier molecular flexibility index (Phi) is 7.71. The predicted octanol–water partition coefficient (Wildman–Crippen LogP) is 3.44. The molecule has 9 heteroatoms. The molecule has 2 aromatic rings. The van der Waals surface area contributed by atoms with E-state index in [-0.39, 0.29) is 40.7 Å². The molecule has 0 bridgehead atoms. The highest BCUT2D eigenvalue weighted by atomic mass is 35.5. The van der Waals surface area contributed by atoms with Crippen molar-refractivity contribution >= 4 is 40.9 Å². The van der Waals surface area contributed by atoms with E-state index < -0.39 is 23.3 Å². The number of benzene rings is 1. The quantitative estimate of drug-likeness (QED) is 0.437. The van der Waals surface area contributed by atoms with Gasteiger partial charge in [-0.05, 0) is 48.6 Å². The largest absolute Gasteiger partial charge is 0.467 e. The molecule has 1 fully saturated rings. The maximum atomic E-state index is 12.9. The minimum absolute atomic E-state index is 0.0662. The van der Waals surface area contributed by atoms with Gasteiger partial charge in [0.05, 0.1) is 12.7 Å². The van der Waals surface area contributed by atoms with E-state index in [1.807, 2.05) is 13.8 Å². The number of ketones is 1. The third kappa shape index (κ3) is 5.44. The molecule has 1 aromatic carbocycles. The molecule has 1 aliphatic rings. The first kappa shape index (κ1) is 25.4. The molecule has 0 saturated heterocycles. The minimum Gasteiger partial charge on any atom is -0.467 e. The molecule has 180 valence electrons. The summed E-state index contributed by atoms with van der Waals surface area (Å²) >= 11 is 5.96. The van der Waals surface area contributed by atoms with Crippen LogP contribution in [0.5, 0.6) is 0 Å². The van der Waals surface area contributed by atoms with Gasteiger partial charge >= 0.3 is 5.97 Å². The van der Waals surface area contributed by atoms with Gasteiger partial charge in [-0.25, -0.2) is 9.78 Å². The molecule has 3 atom stereocenters. The van der Waals surface area contributed by atoms with Crippen LogP contribution in [0.4, 0.5) is 5.69 Å². The lowest BCUT2D eigenvalue weighted by Crippen LogP contribution is -2.57. The summed E-state index contributed by atoms with van der Waals surface area (Å²) in [5.74, 6) is -1.67. The van der Waals surface area contributed by atoms with Gasteiger partial charge in [-0.15, -0.1) is 0 Å². The highest BCUT2D eigenvalue weighted by Crippen LogP contribution is 2.51. The summed E-state index contributed by atoms with van der Waals surface area (Å²) in [5.41, 5.74) is 1.10. The van der Waals surface area contributed by atoms with Gasteiger partial charge in [0.2, 0.25) is 5.91 Å². The van der Waals surface area contributed by atoms with E-state index in [9.17, 15) is 19.2 Å². The summed E-state index contributed by atoms with van der Waals surface area (Å²) in [6, 6.07) is 9.21. The average Bonchev–Trinajstić information content (AvgIpc) is 2.78. The van der Waals surface area contributed by atoms with E-state index in [1.54, 1.807) is 36.4 Å². The Morgan fingerprint density at radius 1 is 1.15 bits per heavy atom. The monoisotopic (exact) mass is 485 g/mol. The fourth-order valence-electron chi connectivity index (χ4n) is 4.38. The Morgan fingerprint density at radius 3 is 2.38 bits per heavy atom. The molecule has 1 aliphatic carbocycles. The number of esters is 1. The van der Waals surface area contributed by atoms with Gasteiger partial charge in [0.1, 0.15) is 17.0 Å². The van der Waals surface area contributed by atoms with Crippen LogP contribution in [0.1, 0.15) is 43.1 Å². The summed E-state index contributed by atoms with van der Waals surface area (Å²) in [5, 5.41) is 5.65. The number of amides is 2. The first-order valence-electron chi connectivity index (χ1n) is 10.9. The Balaban J connectivity index is 1.65. The number of methoxy groups -OCH3 is 1. The van der Waals surface area contributed by atoms with Crippen LogP contribution in [0, 0.1) is 17.3 Å². The Morgan fingerprint density at radius 2 is 1.82 bits per heavy atom. The summed E-state index contributed by atoms with van der Waals surface area (Å²) < 4.78 is 4.88. The van der Waals surface area contributed by atoms with Crippen LogP contribution in [0.25, 0.3) is 0 Å². The number of aromatic nitrogens is 1. The molecule has 1 heterocycles. The van der Waals surface area contributed by atoms with Crippen molar-refractivity contribution in [1.29, 1.82) is 0 Å². The zero-order valence-electron chi connectivity index (χ0n) is 19.6. The second-order valence-corrected chi connectivity index (χ2v) is 9.41. The standard InChI is InChI=1S/C25H28ClN3O5/c1-14(30)18-13-19(25(18,2)3)23(32)29-20(24(33)34-4)12-15-7-9-16(10-8-15)28-22(31)17-6-5-11-27-21(17)26/h5-11,18-20H,12-13H2,1-4H3,(H,28,31)(H,29,32)/t18-,19+,20-/m0/s1. The maximum Gasteiger partial charge on any atom is 0.328 e. The molecule has 0 radical (unpaired) electrons. The maximum absolute atomic E-state index is 12.9. The van der Waals surface area contributed by atoms with Gasteiger partial charge in [0, 0.05) is 30.1 Å². The molecule has 34 heavy (non-hydrogen) atoms. The number of anilines is 1. The molecule has 8 nitrogen and oxygen atoms in total. The molecule has 3 rings (SSSR count). The Hall–Kier alpha value is -3.26. The van der Waals surface area contributed by atoms with Gasteiger partial charge in [-0.1, -0.05) is 37.6 Å². The molecule has 0 unspecified atom stereocenters. The second kappa shape index (κ2) is 10.3. The lowest BCUT2D eigenvalue weighted by Gasteiger charge is -2.50. The van der Waals surface area contributed by atoms with Crippen LogP contribution in [0.15, 0.2) is 42.6 Å². The van der Waals surface area contributed by atoms with Crippen molar-refractivity contribution in [2.75, 3.05) is 12.4 Å². The number of hydrogen-bond acceptors (Lipinski definition) is 6. The number of pyridine rings is 1. The SMILES string of the molecule is COC(=O)[C@H](Cc1ccc(NC(=O)c2cccnc2Cl)cc1)NC(=O)[C@H]1C[C@@H](C(C)=O)C1(C)C. The van der Waals surface area contributed by atoms with Gasteiger partial charge in [-0.2, -0.15) is 0 Å². The van der Waals surface area contributed by atoms with Crippen LogP contribution < -0.4 is 10.6 Å². The first-order chi connectivity index (χ1) is 16.0. The van der Waals surface area contributed by atoms with Gasteiger partial charge < -0.3 is 15.4 Å². The van der Waals surface area contributed by atoms with E-state index in [0.29, 0.717) is 12.1 Å². The second-order valence-electron chi connectivity index (χ2n) is 9.05. The van der Waals surface area contributed by atoms with Crippen LogP contribution in [0.3, 0.4) is 0 Å². The van der Waals surface area contributed by atoms with E-state index >= 15 is 0 Å².